The van der Waals surface area contributed by atoms with Gasteiger partial charge >= 0.3 is 11.7 Å². The number of benzene rings is 1. The highest BCUT2D eigenvalue weighted by Crippen LogP contribution is 2.43. The first-order valence-electron chi connectivity index (χ1n) is 8.37. The lowest BCUT2D eigenvalue weighted by Gasteiger charge is -2.27. The van der Waals surface area contributed by atoms with E-state index in [1.807, 2.05) is 4.98 Å². The molecule has 0 aliphatic carbocycles. The van der Waals surface area contributed by atoms with Crippen LogP contribution in [0.2, 0.25) is 0 Å². The number of nitrogens with one attached hydrogen (secondary N) is 1. The van der Waals surface area contributed by atoms with Crippen LogP contribution in [0.5, 0.6) is 0 Å². The quantitative estimate of drug-likeness (QED) is 0.361. The van der Waals surface area contributed by atoms with Gasteiger partial charge in [0.05, 0.1) is 5.56 Å². The molecule has 0 spiro atoms. The lowest BCUT2D eigenvalue weighted by Crippen LogP contribution is -2.43. The summed E-state index contributed by atoms with van der Waals surface area (Å²) in [6.45, 7) is 1.56. The van der Waals surface area contributed by atoms with Crippen molar-refractivity contribution < 1.29 is 18.7 Å². The van der Waals surface area contributed by atoms with Crippen molar-refractivity contribution in [2.75, 3.05) is 0 Å². The van der Waals surface area contributed by atoms with E-state index in [4.69, 9.17) is 15.0 Å². The molecule has 2 aromatic rings. The fraction of sp³-hybridized carbons (Fsp3) is 0.353. The number of carbonyl (C=O) groups is 1. The van der Waals surface area contributed by atoms with Crippen molar-refractivity contribution in [3.63, 3.8) is 0 Å². The van der Waals surface area contributed by atoms with E-state index >= 15 is 4.39 Å². The molecular formula is C17H16FN5O5. The van der Waals surface area contributed by atoms with Gasteiger partial charge < -0.3 is 9.47 Å². The van der Waals surface area contributed by atoms with E-state index < -0.39 is 41.4 Å². The highest BCUT2D eigenvalue weighted by Gasteiger charge is 2.58. The molecule has 1 aromatic carbocycles. The van der Waals surface area contributed by atoms with Gasteiger partial charge in [-0.15, -0.1) is 0 Å². The number of H-pyrrole nitrogens is 1. The van der Waals surface area contributed by atoms with Crippen molar-refractivity contribution in [1.82, 2.24) is 9.55 Å². The predicted molar refractivity (Wildman–Crippen MR) is 94.2 cm³/mol. The van der Waals surface area contributed by atoms with Crippen LogP contribution in [0.25, 0.3) is 10.4 Å². The molecule has 3 rings (SSSR count). The summed E-state index contributed by atoms with van der Waals surface area (Å²) in [6, 6.07) is 8.90. The Bertz CT molecular complexity index is 1030. The number of halogens is 1. The summed E-state index contributed by atoms with van der Waals surface area (Å²) >= 11 is 0. The van der Waals surface area contributed by atoms with E-state index in [9.17, 15) is 14.4 Å². The second kappa shape index (κ2) is 7.67. The number of aromatic amines is 1. The van der Waals surface area contributed by atoms with E-state index in [0.29, 0.717) is 0 Å². The molecule has 0 bridgehead atoms. The lowest BCUT2D eigenvalue weighted by atomic mass is 10.0. The Morgan fingerprint density at radius 1 is 1.39 bits per heavy atom. The summed E-state index contributed by atoms with van der Waals surface area (Å²) in [5, 5.41) is 3.53. The molecule has 1 saturated heterocycles. The van der Waals surface area contributed by atoms with Gasteiger partial charge in [0.1, 0.15) is 0 Å². The number of carbonyl (C=O) groups excluding carboxylic acids is 1. The number of alkyl halides is 1. The number of azide groups is 1. The fourth-order valence-electron chi connectivity index (χ4n) is 3.00. The minimum absolute atomic E-state index is 0.0289. The molecule has 2 heterocycles. The van der Waals surface area contributed by atoms with Gasteiger partial charge in [-0.2, -0.15) is 0 Å². The Hall–Kier alpha value is -3.43. The van der Waals surface area contributed by atoms with E-state index in [-0.39, 0.29) is 12.0 Å². The SMILES string of the molecule is CC[C@@]1(N=[N+]=[N-])O[C@@H](n2ccc(=O)[nH]c2=O)[C@@H](F)[C@@H]1OC(=O)c1ccccc1. The third-order valence-electron chi connectivity index (χ3n) is 4.42. The average molecular weight is 389 g/mol. The molecule has 0 amide bonds. The van der Waals surface area contributed by atoms with E-state index in [2.05, 4.69) is 10.0 Å². The maximum absolute atomic E-state index is 15.3. The Morgan fingerprint density at radius 2 is 2.11 bits per heavy atom. The maximum atomic E-state index is 15.3. The van der Waals surface area contributed by atoms with Crippen molar-refractivity contribution in [2.24, 2.45) is 5.11 Å². The molecule has 10 nitrogen and oxygen atoms in total. The molecule has 1 N–H and O–H groups in total. The van der Waals surface area contributed by atoms with Crippen LogP contribution in [0.15, 0.2) is 57.3 Å². The summed E-state index contributed by atoms with van der Waals surface area (Å²) in [6.07, 6.45) is -4.19. The third-order valence-corrected chi connectivity index (χ3v) is 4.42. The molecule has 0 unspecified atom stereocenters. The van der Waals surface area contributed by atoms with E-state index in [1.54, 1.807) is 25.1 Å². The van der Waals surface area contributed by atoms with Crippen LogP contribution in [0.3, 0.4) is 0 Å². The summed E-state index contributed by atoms with van der Waals surface area (Å²) in [5.41, 5.74) is 5.65. The Morgan fingerprint density at radius 3 is 2.71 bits per heavy atom. The first-order chi connectivity index (χ1) is 13.4. The number of hydrogen-bond donors (Lipinski definition) is 1. The zero-order valence-electron chi connectivity index (χ0n) is 14.7. The Kier molecular flexibility index (Phi) is 5.30. The van der Waals surface area contributed by atoms with Crippen LogP contribution < -0.4 is 11.2 Å². The molecule has 11 heteroatoms. The number of nitrogens with zero attached hydrogens (tertiary/aromatic N) is 4. The minimum Gasteiger partial charge on any atom is -0.452 e. The van der Waals surface area contributed by atoms with Crippen LogP contribution in [0, 0.1) is 0 Å². The summed E-state index contributed by atoms with van der Waals surface area (Å²) in [7, 11) is 0. The van der Waals surface area contributed by atoms with E-state index in [0.717, 1.165) is 16.8 Å². The van der Waals surface area contributed by atoms with Crippen LogP contribution in [-0.2, 0) is 9.47 Å². The summed E-state index contributed by atoms with van der Waals surface area (Å²) in [4.78, 5) is 40.4. The smallest absolute Gasteiger partial charge is 0.338 e. The molecule has 1 fully saturated rings. The highest BCUT2D eigenvalue weighted by molar-refractivity contribution is 5.89. The van der Waals surface area contributed by atoms with Crippen LogP contribution in [0.1, 0.15) is 29.9 Å². The molecule has 1 aromatic heterocycles. The first kappa shape index (κ1) is 19.3. The second-order valence-electron chi connectivity index (χ2n) is 6.05. The number of ether oxygens (including phenoxy) is 2. The molecule has 146 valence electrons. The van der Waals surface area contributed by atoms with Crippen molar-refractivity contribution in [3.05, 3.63) is 79.4 Å². The van der Waals surface area contributed by atoms with Gasteiger partial charge in [0.25, 0.3) is 5.56 Å². The van der Waals surface area contributed by atoms with E-state index in [1.165, 1.54) is 12.1 Å². The van der Waals surface area contributed by atoms with Crippen LogP contribution in [-0.4, -0.2) is 33.5 Å². The van der Waals surface area contributed by atoms with Crippen molar-refractivity contribution in [3.8, 4) is 0 Å². The van der Waals surface area contributed by atoms with Crippen molar-refractivity contribution in [2.45, 2.75) is 37.6 Å². The summed E-state index contributed by atoms with van der Waals surface area (Å²) in [5.74, 6) is -0.836. The zero-order valence-corrected chi connectivity index (χ0v) is 14.7. The highest BCUT2D eigenvalue weighted by atomic mass is 19.1. The molecule has 0 radical (unpaired) electrons. The van der Waals surface area contributed by atoms with Gasteiger partial charge in [-0.25, -0.2) is 14.0 Å². The molecule has 28 heavy (non-hydrogen) atoms. The van der Waals surface area contributed by atoms with Crippen LogP contribution >= 0.6 is 0 Å². The van der Waals surface area contributed by atoms with Crippen molar-refractivity contribution >= 4 is 5.97 Å². The number of rotatable bonds is 5. The Labute approximate surface area is 157 Å². The largest absolute Gasteiger partial charge is 0.452 e. The Balaban J connectivity index is 2.00. The third kappa shape index (κ3) is 3.40. The number of hydrogen-bond acceptors (Lipinski definition) is 6. The predicted octanol–water partition coefficient (Wildman–Crippen LogP) is 2.05. The first-order valence-corrected chi connectivity index (χ1v) is 8.37. The lowest BCUT2D eigenvalue weighted by molar-refractivity contribution is -0.105. The second-order valence-corrected chi connectivity index (χ2v) is 6.05. The number of esters is 1. The molecular weight excluding hydrogens is 373 g/mol. The minimum atomic E-state index is -2.04. The van der Waals surface area contributed by atoms with Gasteiger partial charge in [0.15, 0.2) is 24.2 Å². The molecule has 1 aliphatic heterocycles. The van der Waals surface area contributed by atoms with Gasteiger partial charge in [-0.05, 0) is 24.1 Å². The monoisotopic (exact) mass is 389 g/mol. The molecule has 1 aliphatic rings. The normalized spacial score (nSPS) is 26.4. The number of aromatic nitrogens is 2. The standard InChI is InChI=1S/C17H16FN5O5/c1-2-17(21-22-19)13(27-15(25)10-6-4-3-5-7-10)12(18)14(28-17)23-9-8-11(24)20-16(23)26/h3-9,12-14H,2H2,1H3,(H,20,24,26)/t12-,13-,14+,17+/m0/s1. The topological polar surface area (TPSA) is 139 Å². The molecule has 4 atom stereocenters. The van der Waals surface area contributed by atoms with Gasteiger partial charge in [-0.1, -0.05) is 30.2 Å². The fourth-order valence-corrected chi connectivity index (χ4v) is 3.00. The molecule has 0 saturated carbocycles. The van der Waals surface area contributed by atoms with Crippen LogP contribution in [0.4, 0.5) is 4.39 Å². The average Bonchev–Trinajstić information content (AvgIpc) is 2.95. The van der Waals surface area contributed by atoms with Crippen molar-refractivity contribution in [1.29, 1.82) is 0 Å². The van der Waals surface area contributed by atoms with Gasteiger partial charge in [-0.3, -0.25) is 14.3 Å². The summed E-state index contributed by atoms with van der Waals surface area (Å²) < 4.78 is 26.9. The maximum Gasteiger partial charge on any atom is 0.338 e. The zero-order chi connectivity index (χ0) is 20.3. The van der Waals surface area contributed by atoms with Gasteiger partial charge in [0.2, 0.25) is 0 Å². The van der Waals surface area contributed by atoms with Gasteiger partial charge in [0, 0.05) is 17.2 Å².